The van der Waals surface area contributed by atoms with Crippen molar-refractivity contribution in [2.45, 2.75) is 0 Å². The van der Waals surface area contributed by atoms with Crippen LogP contribution in [-0.4, -0.2) is 40.6 Å². The van der Waals surface area contributed by atoms with Crippen LogP contribution in [0.25, 0.3) is 0 Å². The van der Waals surface area contributed by atoms with Gasteiger partial charge in [0.25, 0.3) is 0 Å². The SMILES string of the molecule is COCC[O-].COCC[O-].[La]. The van der Waals surface area contributed by atoms with E-state index in [0.29, 0.717) is 13.2 Å². The van der Waals surface area contributed by atoms with Crippen molar-refractivity contribution < 1.29 is 55.3 Å². The molecule has 0 bridgehead atoms. The van der Waals surface area contributed by atoms with Crippen LogP contribution in [-0.2, 0) is 9.47 Å². The third-order valence-corrected chi connectivity index (χ3v) is 0.575. The van der Waals surface area contributed by atoms with Gasteiger partial charge >= 0.3 is 0 Å². The Bertz CT molecular complexity index is 35.6. The predicted octanol–water partition coefficient (Wildman–Crippen LogP) is -2.01. The number of hydrogen-bond acceptors (Lipinski definition) is 4. The molecule has 0 amide bonds. The zero-order valence-corrected chi connectivity index (χ0v) is 10.7. The molecule has 0 aliphatic heterocycles. The summed E-state index contributed by atoms with van der Waals surface area (Å²) in [6, 6.07) is 0. The summed E-state index contributed by atoms with van der Waals surface area (Å²) in [6.45, 7) is 0.410. The molecule has 0 saturated carbocycles. The molecule has 67 valence electrons. The molecule has 0 aromatic rings. The second-order valence-corrected chi connectivity index (χ2v) is 1.39. The van der Waals surface area contributed by atoms with E-state index < -0.39 is 0 Å². The summed E-state index contributed by atoms with van der Waals surface area (Å²) >= 11 is 0. The Morgan fingerprint density at radius 2 is 1.18 bits per heavy atom. The van der Waals surface area contributed by atoms with Gasteiger partial charge in [0.2, 0.25) is 0 Å². The average molecular weight is 289 g/mol. The number of methoxy groups -OCH3 is 2. The Hall–Kier alpha value is 1.03. The summed E-state index contributed by atoms with van der Waals surface area (Å²) < 4.78 is 8.76. The summed E-state index contributed by atoms with van der Waals surface area (Å²) in [5.41, 5.74) is 0. The van der Waals surface area contributed by atoms with Crippen LogP contribution >= 0.6 is 0 Å². The Labute approximate surface area is 95.5 Å². The fourth-order valence-corrected chi connectivity index (χ4v) is 0.167. The van der Waals surface area contributed by atoms with Crippen LogP contribution in [0.15, 0.2) is 0 Å². The second kappa shape index (κ2) is 22.5. The van der Waals surface area contributed by atoms with Crippen LogP contribution in [0.4, 0.5) is 0 Å². The minimum Gasteiger partial charge on any atom is -0.853 e. The molecule has 0 aromatic carbocycles. The molecule has 0 N–H and O–H groups in total. The smallest absolute Gasteiger partial charge is 0.0354 e. The average Bonchev–Trinajstić information content (AvgIpc) is 1.93. The molecule has 0 atom stereocenters. The van der Waals surface area contributed by atoms with E-state index in [1.54, 1.807) is 0 Å². The first-order valence-corrected chi connectivity index (χ1v) is 2.97. The van der Waals surface area contributed by atoms with Gasteiger partial charge in [-0.1, -0.05) is 0 Å². The third-order valence-electron chi connectivity index (χ3n) is 0.575. The van der Waals surface area contributed by atoms with Crippen molar-refractivity contribution in [2.75, 3.05) is 40.6 Å². The van der Waals surface area contributed by atoms with E-state index >= 15 is 0 Å². The van der Waals surface area contributed by atoms with E-state index in [1.165, 1.54) is 14.2 Å². The molecule has 0 spiro atoms. The van der Waals surface area contributed by atoms with Crippen molar-refractivity contribution in [3.63, 3.8) is 0 Å². The molecule has 0 aliphatic carbocycles. The summed E-state index contributed by atoms with van der Waals surface area (Å²) in [5.74, 6) is 0. The van der Waals surface area contributed by atoms with E-state index in [-0.39, 0.29) is 48.8 Å². The zero-order valence-electron chi connectivity index (χ0n) is 7.04. The van der Waals surface area contributed by atoms with E-state index in [4.69, 9.17) is 0 Å². The van der Waals surface area contributed by atoms with Gasteiger partial charge < -0.3 is 19.7 Å². The minimum absolute atomic E-state index is 0. The molecular weight excluding hydrogens is 275 g/mol. The van der Waals surface area contributed by atoms with Crippen LogP contribution in [0.3, 0.4) is 0 Å². The minimum atomic E-state index is -0.128. The van der Waals surface area contributed by atoms with Gasteiger partial charge in [-0.15, -0.1) is 13.2 Å². The molecule has 0 saturated heterocycles. The molecule has 0 fully saturated rings. The molecule has 0 heterocycles. The van der Waals surface area contributed by atoms with Crippen LogP contribution in [0.2, 0.25) is 0 Å². The van der Waals surface area contributed by atoms with Gasteiger partial charge in [0.15, 0.2) is 0 Å². The fourth-order valence-electron chi connectivity index (χ4n) is 0.167. The molecule has 11 heavy (non-hydrogen) atoms. The molecule has 1 radical (unpaired) electrons. The number of ether oxygens (including phenoxy) is 2. The quantitative estimate of drug-likeness (QED) is 0.600. The van der Waals surface area contributed by atoms with E-state index in [1.807, 2.05) is 0 Å². The van der Waals surface area contributed by atoms with Gasteiger partial charge in [0, 0.05) is 63.0 Å². The van der Waals surface area contributed by atoms with Crippen molar-refractivity contribution in [3.8, 4) is 0 Å². The topological polar surface area (TPSA) is 64.6 Å². The molecular formula is C6H14LaO4-2. The summed E-state index contributed by atoms with van der Waals surface area (Å²) in [4.78, 5) is 0. The van der Waals surface area contributed by atoms with Gasteiger partial charge in [-0.3, -0.25) is 0 Å². The summed E-state index contributed by atoms with van der Waals surface area (Å²) in [6.07, 6.45) is 0. The van der Waals surface area contributed by atoms with Gasteiger partial charge in [-0.25, -0.2) is 0 Å². The monoisotopic (exact) mass is 289 g/mol. The van der Waals surface area contributed by atoms with Crippen molar-refractivity contribution in [1.29, 1.82) is 0 Å². The number of rotatable bonds is 4. The molecule has 0 unspecified atom stereocenters. The predicted molar refractivity (Wildman–Crippen MR) is 33.5 cm³/mol. The van der Waals surface area contributed by atoms with Crippen molar-refractivity contribution in [1.82, 2.24) is 0 Å². The zero-order chi connectivity index (χ0) is 8.24. The third kappa shape index (κ3) is 35.5. The molecule has 5 heteroatoms. The summed E-state index contributed by atoms with van der Waals surface area (Å²) in [5, 5.41) is 18.8. The fraction of sp³-hybridized carbons (Fsp3) is 1.00. The van der Waals surface area contributed by atoms with Gasteiger partial charge in [-0.05, 0) is 0 Å². The van der Waals surface area contributed by atoms with E-state index in [2.05, 4.69) is 9.47 Å². The standard InChI is InChI=1S/2C3H7O2.La/c2*1-5-3-2-4;/h2*2-3H2,1H3;/q2*-1;. The normalized spacial score (nSPS) is 7.64. The van der Waals surface area contributed by atoms with Crippen LogP contribution < -0.4 is 10.2 Å². The van der Waals surface area contributed by atoms with Crippen molar-refractivity contribution in [3.05, 3.63) is 0 Å². The second-order valence-electron chi connectivity index (χ2n) is 1.39. The first-order valence-electron chi connectivity index (χ1n) is 2.97. The van der Waals surface area contributed by atoms with Gasteiger partial charge in [0.05, 0.1) is 0 Å². The number of hydrogen-bond donors (Lipinski definition) is 0. The Morgan fingerprint density at radius 1 is 0.909 bits per heavy atom. The molecule has 0 aromatic heterocycles. The Kier molecular flexibility index (Phi) is 36.6. The van der Waals surface area contributed by atoms with E-state index in [9.17, 15) is 10.2 Å². The largest absolute Gasteiger partial charge is 0.853 e. The first kappa shape index (κ1) is 18.0. The van der Waals surface area contributed by atoms with Crippen LogP contribution in [0.1, 0.15) is 0 Å². The maximum absolute atomic E-state index is 9.40. The van der Waals surface area contributed by atoms with Crippen molar-refractivity contribution in [2.24, 2.45) is 0 Å². The summed E-state index contributed by atoms with van der Waals surface area (Å²) in [7, 11) is 3.02. The maximum atomic E-state index is 9.40. The maximum Gasteiger partial charge on any atom is 0.0354 e. The van der Waals surface area contributed by atoms with Gasteiger partial charge in [-0.2, -0.15) is 0 Å². The molecule has 4 nitrogen and oxygen atoms in total. The van der Waals surface area contributed by atoms with Crippen LogP contribution in [0, 0.1) is 35.6 Å². The van der Waals surface area contributed by atoms with Crippen LogP contribution in [0.5, 0.6) is 0 Å². The molecule has 0 aliphatic rings. The van der Waals surface area contributed by atoms with Gasteiger partial charge in [0.1, 0.15) is 0 Å². The molecule has 0 rings (SSSR count). The van der Waals surface area contributed by atoms with E-state index in [0.717, 1.165) is 0 Å². The Morgan fingerprint density at radius 3 is 1.18 bits per heavy atom. The Balaban J connectivity index is -0.000000107. The first-order chi connectivity index (χ1) is 4.83. The van der Waals surface area contributed by atoms with Crippen molar-refractivity contribution >= 4 is 0 Å².